The van der Waals surface area contributed by atoms with Gasteiger partial charge >= 0.3 is 0 Å². The van der Waals surface area contributed by atoms with Crippen LogP contribution in [0.2, 0.25) is 0 Å². The van der Waals surface area contributed by atoms with Crippen LogP contribution < -0.4 is 5.32 Å². The standard InChI is InChI=1S/C12H18N2O2/c1-9(15)11(16)14-8-12(2,3)10-5-4-6-13-7-10/h4-7,9,15H,8H2,1-3H3,(H,14,16). The quantitative estimate of drug-likeness (QED) is 0.794. The highest BCUT2D eigenvalue weighted by molar-refractivity contribution is 5.80. The van der Waals surface area contributed by atoms with Gasteiger partial charge in [0.2, 0.25) is 5.91 Å². The number of aromatic nitrogens is 1. The van der Waals surface area contributed by atoms with Crippen molar-refractivity contribution in [2.24, 2.45) is 0 Å². The first-order valence-electron chi connectivity index (χ1n) is 5.30. The Hall–Kier alpha value is -1.42. The number of hydrogen-bond donors (Lipinski definition) is 2. The van der Waals surface area contributed by atoms with E-state index in [1.54, 1.807) is 12.4 Å². The summed E-state index contributed by atoms with van der Waals surface area (Å²) in [5.74, 6) is -0.350. The van der Waals surface area contributed by atoms with E-state index in [-0.39, 0.29) is 11.3 Å². The second kappa shape index (κ2) is 5.07. The minimum absolute atomic E-state index is 0.196. The third kappa shape index (κ3) is 3.31. The smallest absolute Gasteiger partial charge is 0.248 e. The zero-order valence-electron chi connectivity index (χ0n) is 9.90. The zero-order valence-corrected chi connectivity index (χ0v) is 9.90. The minimum atomic E-state index is -0.968. The van der Waals surface area contributed by atoms with Crippen LogP contribution in [-0.4, -0.2) is 28.6 Å². The van der Waals surface area contributed by atoms with Crippen molar-refractivity contribution < 1.29 is 9.90 Å². The molecular weight excluding hydrogens is 204 g/mol. The summed E-state index contributed by atoms with van der Waals surface area (Å²) in [6.45, 7) is 5.97. The number of hydrogen-bond acceptors (Lipinski definition) is 3. The molecule has 1 aromatic heterocycles. The Labute approximate surface area is 95.7 Å². The molecule has 1 unspecified atom stereocenters. The Morgan fingerprint density at radius 3 is 2.81 bits per heavy atom. The van der Waals surface area contributed by atoms with Gasteiger partial charge in [0.25, 0.3) is 0 Å². The lowest BCUT2D eigenvalue weighted by Crippen LogP contribution is -2.40. The van der Waals surface area contributed by atoms with Crippen molar-refractivity contribution in [1.29, 1.82) is 0 Å². The van der Waals surface area contributed by atoms with Crippen molar-refractivity contribution in [3.8, 4) is 0 Å². The lowest BCUT2D eigenvalue weighted by atomic mass is 9.85. The van der Waals surface area contributed by atoms with Gasteiger partial charge in [-0.2, -0.15) is 0 Å². The van der Waals surface area contributed by atoms with E-state index in [0.717, 1.165) is 5.56 Å². The molecule has 0 aliphatic carbocycles. The van der Waals surface area contributed by atoms with Gasteiger partial charge < -0.3 is 10.4 Å². The third-order valence-electron chi connectivity index (χ3n) is 2.53. The third-order valence-corrected chi connectivity index (χ3v) is 2.53. The van der Waals surface area contributed by atoms with Gasteiger partial charge in [0.05, 0.1) is 0 Å². The monoisotopic (exact) mass is 222 g/mol. The van der Waals surface area contributed by atoms with E-state index in [2.05, 4.69) is 10.3 Å². The number of aliphatic hydroxyl groups excluding tert-OH is 1. The van der Waals surface area contributed by atoms with Crippen molar-refractivity contribution >= 4 is 5.91 Å². The Balaban J connectivity index is 2.63. The second-order valence-corrected chi connectivity index (χ2v) is 4.52. The molecule has 0 aromatic carbocycles. The summed E-state index contributed by atoms with van der Waals surface area (Å²) in [6.07, 6.45) is 2.53. The first-order chi connectivity index (χ1) is 7.43. The van der Waals surface area contributed by atoms with Crippen LogP contribution in [0, 0.1) is 0 Å². The Morgan fingerprint density at radius 2 is 2.31 bits per heavy atom. The predicted molar refractivity (Wildman–Crippen MR) is 62.0 cm³/mol. The first kappa shape index (κ1) is 12.6. The molecule has 1 rings (SSSR count). The predicted octanol–water partition coefficient (Wildman–Crippen LogP) is 0.856. The molecule has 0 saturated heterocycles. The topological polar surface area (TPSA) is 62.2 Å². The highest BCUT2D eigenvalue weighted by atomic mass is 16.3. The summed E-state index contributed by atoms with van der Waals surface area (Å²) in [6, 6.07) is 3.84. The molecule has 4 nitrogen and oxygen atoms in total. The molecule has 16 heavy (non-hydrogen) atoms. The van der Waals surface area contributed by atoms with Crippen LogP contribution in [0.25, 0.3) is 0 Å². The van der Waals surface area contributed by atoms with Gasteiger partial charge in [-0.15, -0.1) is 0 Å². The number of carbonyl (C=O) groups excluding carboxylic acids is 1. The molecule has 0 bridgehead atoms. The van der Waals surface area contributed by atoms with Crippen LogP contribution in [0.5, 0.6) is 0 Å². The molecule has 0 saturated carbocycles. The molecule has 1 aromatic rings. The van der Waals surface area contributed by atoms with Crippen LogP contribution in [0.1, 0.15) is 26.3 Å². The number of nitrogens with one attached hydrogen (secondary N) is 1. The average molecular weight is 222 g/mol. The SMILES string of the molecule is CC(O)C(=O)NCC(C)(C)c1cccnc1. The van der Waals surface area contributed by atoms with Gasteiger partial charge in [-0.3, -0.25) is 9.78 Å². The van der Waals surface area contributed by atoms with Crippen molar-refractivity contribution in [2.45, 2.75) is 32.3 Å². The number of amides is 1. The van der Waals surface area contributed by atoms with Crippen LogP contribution >= 0.6 is 0 Å². The summed E-state index contributed by atoms with van der Waals surface area (Å²) in [5.41, 5.74) is 0.861. The van der Waals surface area contributed by atoms with Crippen LogP contribution in [0.4, 0.5) is 0 Å². The van der Waals surface area contributed by atoms with Crippen molar-refractivity contribution in [3.63, 3.8) is 0 Å². The van der Waals surface area contributed by atoms with Gasteiger partial charge in [-0.25, -0.2) is 0 Å². The lowest BCUT2D eigenvalue weighted by Gasteiger charge is -2.25. The van der Waals surface area contributed by atoms with Crippen LogP contribution in [0.3, 0.4) is 0 Å². The molecule has 0 spiro atoms. The molecule has 0 aliphatic rings. The summed E-state index contributed by atoms with van der Waals surface area (Å²) in [7, 11) is 0. The van der Waals surface area contributed by atoms with Gasteiger partial charge in [-0.05, 0) is 18.6 Å². The number of aliphatic hydroxyl groups is 1. The second-order valence-electron chi connectivity index (χ2n) is 4.52. The molecule has 1 atom stereocenters. The summed E-state index contributed by atoms with van der Waals surface area (Å²) >= 11 is 0. The number of carbonyl (C=O) groups is 1. The van der Waals surface area contributed by atoms with E-state index < -0.39 is 6.10 Å². The number of pyridine rings is 1. The van der Waals surface area contributed by atoms with Crippen LogP contribution in [-0.2, 0) is 10.2 Å². The number of rotatable bonds is 4. The van der Waals surface area contributed by atoms with Crippen molar-refractivity contribution in [1.82, 2.24) is 10.3 Å². The molecule has 1 amide bonds. The van der Waals surface area contributed by atoms with E-state index in [1.807, 2.05) is 26.0 Å². The molecule has 4 heteroatoms. The fourth-order valence-corrected chi connectivity index (χ4v) is 1.32. The van der Waals surface area contributed by atoms with E-state index in [9.17, 15) is 4.79 Å². The maximum Gasteiger partial charge on any atom is 0.248 e. The van der Waals surface area contributed by atoms with E-state index in [1.165, 1.54) is 6.92 Å². The zero-order chi connectivity index (χ0) is 12.2. The lowest BCUT2D eigenvalue weighted by molar-refractivity contribution is -0.128. The Morgan fingerprint density at radius 1 is 1.62 bits per heavy atom. The average Bonchev–Trinajstić information content (AvgIpc) is 2.27. The van der Waals surface area contributed by atoms with Gasteiger partial charge in [-0.1, -0.05) is 19.9 Å². The minimum Gasteiger partial charge on any atom is -0.384 e. The fraction of sp³-hybridized carbons (Fsp3) is 0.500. The molecular formula is C12H18N2O2. The van der Waals surface area contributed by atoms with Gasteiger partial charge in [0, 0.05) is 24.4 Å². The molecule has 88 valence electrons. The first-order valence-corrected chi connectivity index (χ1v) is 5.30. The van der Waals surface area contributed by atoms with Gasteiger partial charge in [0.1, 0.15) is 6.10 Å². The van der Waals surface area contributed by atoms with E-state index in [4.69, 9.17) is 5.11 Å². The van der Waals surface area contributed by atoms with E-state index in [0.29, 0.717) is 6.54 Å². The molecule has 0 radical (unpaired) electrons. The highest BCUT2D eigenvalue weighted by Crippen LogP contribution is 2.20. The largest absolute Gasteiger partial charge is 0.384 e. The number of nitrogens with zero attached hydrogens (tertiary/aromatic N) is 1. The summed E-state index contributed by atoms with van der Waals surface area (Å²) in [5, 5.41) is 11.8. The summed E-state index contributed by atoms with van der Waals surface area (Å²) in [4.78, 5) is 15.3. The highest BCUT2D eigenvalue weighted by Gasteiger charge is 2.22. The Bertz CT molecular complexity index is 347. The maximum atomic E-state index is 11.2. The van der Waals surface area contributed by atoms with E-state index >= 15 is 0 Å². The Kier molecular flexibility index (Phi) is 4.01. The normalized spacial score (nSPS) is 13.2. The molecule has 0 fully saturated rings. The molecule has 1 heterocycles. The summed E-state index contributed by atoms with van der Waals surface area (Å²) < 4.78 is 0. The van der Waals surface area contributed by atoms with Crippen molar-refractivity contribution in [3.05, 3.63) is 30.1 Å². The molecule has 0 aliphatic heterocycles. The van der Waals surface area contributed by atoms with Crippen LogP contribution in [0.15, 0.2) is 24.5 Å². The van der Waals surface area contributed by atoms with Crippen molar-refractivity contribution in [2.75, 3.05) is 6.54 Å². The maximum absolute atomic E-state index is 11.2. The van der Waals surface area contributed by atoms with Gasteiger partial charge in [0.15, 0.2) is 0 Å². The fourth-order valence-electron chi connectivity index (χ4n) is 1.32. The molecule has 2 N–H and O–H groups in total.